The summed E-state index contributed by atoms with van der Waals surface area (Å²) in [6.07, 6.45) is 3.50. The largest absolute Gasteiger partial charge is 0.316 e. The molecule has 1 rings (SSSR count). The van der Waals surface area contributed by atoms with Gasteiger partial charge >= 0.3 is 0 Å². The Labute approximate surface area is 56.3 Å². The van der Waals surface area contributed by atoms with E-state index in [1.165, 1.54) is 12.0 Å². The predicted molar refractivity (Wildman–Crippen MR) is 39.5 cm³/mol. The number of hydrogen-bond acceptors (Lipinski definition) is 2. The molecule has 0 aliphatic carbocycles. The quantitative estimate of drug-likeness (QED) is 0.514. The van der Waals surface area contributed by atoms with Crippen molar-refractivity contribution in [3.05, 3.63) is 11.6 Å². The Balaban J connectivity index is 2.28. The van der Waals surface area contributed by atoms with Crippen LogP contribution >= 0.6 is 0 Å². The average molecular weight is 126 g/mol. The first-order chi connectivity index (χ1) is 4.43. The van der Waals surface area contributed by atoms with Crippen LogP contribution in [-0.2, 0) is 0 Å². The van der Waals surface area contributed by atoms with Crippen molar-refractivity contribution in [3.63, 3.8) is 0 Å². The number of hydrogen-bond donors (Lipinski definition) is 2. The van der Waals surface area contributed by atoms with Gasteiger partial charge in [0.1, 0.15) is 0 Å². The molecule has 0 saturated heterocycles. The summed E-state index contributed by atoms with van der Waals surface area (Å²) in [6.45, 7) is 3.25. The van der Waals surface area contributed by atoms with Crippen molar-refractivity contribution in [2.75, 3.05) is 26.7 Å². The highest BCUT2D eigenvalue weighted by Gasteiger charge is 1.99. The molecule has 2 nitrogen and oxygen atoms in total. The SMILES string of the molecule is CNCC1=CCCNC1. The van der Waals surface area contributed by atoms with E-state index in [1.54, 1.807) is 0 Å². The first-order valence-electron chi connectivity index (χ1n) is 3.46. The first-order valence-corrected chi connectivity index (χ1v) is 3.46. The summed E-state index contributed by atoms with van der Waals surface area (Å²) in [5.74, 6) is 0. The lowest BCUT2D eigenvalue weighted by Gasteiger charge is -2.12. The molecule has 1 aliphatic heterocycles. The Hall–Kier alpha value is -0.340. The normalized spacial score (nSPS) is 19.4. The van der Waals surface area contributed by atoms with Crippen molar-refractivity contribution < 1.29 is 0 Å². The minimum atomic E-state index is 1.03. The van der Waals surface area contributed by atoms with Gasteiger partial charge < -0.3 is 10.6 Å². The van der Waals surface area contributed by atoms with E-state index in [9.17, 15) is 0 Å². The zero-order valence-electron chi connectivity index (χ0n) is 5.91. The second-order valence-electron chi connectivity index (χ2n) is 2.36. The van der Waals surface area contributed by atoms with Crippen LogP contribution in [0.2, 0.25) is 0 Å². The fourth-order valence-electron chi connectivity index (χ4n) is 1.06. The van der Waals surface area contributed by atoms with Gasteiger partial charge in [-0.2, -0.15) is 0 Å². The summed E-state index contributed by atoms with van der Waals surface area (Å²) < 4.78 is 0. The standard InChI is InChI=1S/C7H14N2/c1-8-5-7-3-2-4-9-6-7/h3,8-9H,2,4-6H2,1H3. The summed E-state index contributed by atoms with van der Waals surface area (Å²) in [6, 6.07) is 0. The van der Waals surface area contributed by atoms with E-state index in [2.05, 4.69) is 16.7 Å². The lowest BCUT2D eigenvalue weighted by atomic mass is 10.1. The molecule has 1 aliphatic rings. The summed E-state index contributed by atoms with van der Waals surface area (Å²) in [5, 5.41) is 6.44. The molecule has 0 radical (unpaired) electrons. The predicted octanol–water partition coefficient (Wildman–Crippen LogP) is 0.125. The molecule has 0 fully saturated rings. The van der Waals surface area contributed by atoms with E-state index in [-0.39, 0.29) is 0 Å². The Morgan fingerprint density at radius 3 is 3.22 bits per heavy atom. The molecule has 0 bridgehead atoms. The molecule has 2 heteroatoms. The van der Waals surface area contributed by atoms with Crippen LogP contribution in [0.15, 0.2) is 11.6 Å². The molecule has 0 aromatic heterocycles. The zero-order chi connectivity index (χ0) is 6.53. The maximum Gasteiger partial charge on any atom is 0.0177 e. The Kier molecular flexibility index (Phi) is 2.74. The van der Waals surface area contributed by atoms with Crippen LogP contribution in [0.25, 0.3) is 0 Å². The van der Waals surface area contributed by atoms with Gasteiger partial charge in [-0.25, -0.2) is 0 Å². The third-order valence-electron chi connectivity index (χ3n) is 1.51. The lowest BCUT2D eigenvalue weighted by molar-refractivity contribution is 0.677. The van der Waals surface area contributed by atoms with Crippen LogP contribution in [-0.4, -0.2) is 26.7 Å². The minimum Gasteiger partial charge on any atom is -0.316 e. The van der Waals surface area contributed by atoms with Gasteiger partial charge in [0.05, 0.1) is 0 Å². The molecule has 2 N–H and O–H groups in total. The van der Waals surface area contributed by atoms with E-state index in [1.807, 2.05) is 7.05 Å². The molecule has 0 unspecified atom stereocenters. The summed E-state index contributed by atoms with van der Waals surface area (Å²) in [7, 11) is 1.98. The van der Waals surface area contributed by atoms with Gasteiger partial charge in [-0.1, -0.05) is 6.08 Å². The first kappa shape index (κ1) is 6.78. The van der Waals surface area contributed by atoms with Gasteiger partial charge in [0.15, 0.2) is 0 Å². The van der Waals surface area contributed by atoms with Crippen molar-refractivity contribution in [1.29, 1.82) is 0 Å². The summed E-state index contributed by atoms with van der Waals surface area (Å²) in [5.41, 5.74) is 1.49. The topological polar surface area (TPSA) is 24.1 Å². The summed E-state index contributed by atoms with van der Waals surface area (Å²) >= 11 is 0. The lowest BCUT2D eigenvalue weighted by Crippen LogP contribution is -2.26. The smallest absolute Gasteiger partial charge is 0.0177 e. The molecule has 0 saturated carbocycles. The van der Waals surface area contributed by atoms with E-state index in [4.69, 9.17) is 0 Å². The van der Waals surface area contributed by atoms with Crippen molar-refractivity contribution in [3.8, 4) is 0 Å². The monoisotopic (exact) mass is 126 g/mol. The second kappa shape index (κ2) is 3.64. The van der Waals surface area contributed by atoms with Crippen molar-refractivity contribution >= 4 is 0 Å². The molecule has 0 spiro atoms. The molecule has 0 aromatic rings. The zero-order valence-corrected chi connectivity index (χ0v) is 5.91. The number of likely N-dealkylation sites (N-methyl/N-ethyl adjacent to an activating group) is 1. The Morgan fingerprint density at radius 2 is 2.67 bits per heavy atom. The highest BCUT2D eigenvalue weighted by atomic mass is 14.9. The fourth-order valence-corrected chi connectivity index (χ4v) is 1.06. The molecular weight excluding hydrogens is 112 g/mol. The number of nitrogens with one attached hydrogen (secondary N) is 2. The van der Waals surface area contributed by atoms with Gasteiger partial charge in [0, 0.05) is 13.1 Å². The molecule has 0 atom stereocenters. The Bertz CT molecular complexity index is 107. The van der Waals surface area contributed by atoms with Crippen LogP contribution < -0.4 is 10.6 Å². The molecule has 0 amide bonds. The number of rotatable bonds is 2. The van der Waals surface area contributed by atoms with Crippen molar-refractivity contribution in [2.45, 2.75) is 6.42 Å². The van der Waals surface area contributed by atoms with Crippen molar-refractivity contribution in [2.24, 2.45) is 0 Å². The van der Waals surface area contributed by atoms with Crippen LogP contribution in [0.5, 0.6) is 0 Å². The summed E-state index contributed by atoms with van der Waals surface area (Å²) in [4.78, 5) is 0. The van der Waals surface area contributed by atoms with Crippen LogP contribution in [0.4, 0.5) is 0 Å². The highest BCUT2D eigenvalue weighted by Crippen LogP contribution is 1.97. The van der Waals surface area contributed by atoms with E-state index < -0.39 is 0 Å². The third kappa shape index (κ3) is 2.16. The molecule has 9 heavy (non-hydrogen) atoms. The third-order valence-corrected chi connectivity index (χ3v) is 1.51. The molecule has 52 valence electrons. The van der Waals surface area contributed by atoms with Crippen LogP contribution in [0.1, 0.15) is 6.42 Å². The molecular formula is C7H14N2. The Morgan fingerprint density at radius 1 is 1.78 bits per heavy atom. The molecule has 1 heterocycles. The van der Waals surface area contributed by atoms with Gasteiger partial charge in [-0.3, -0.25) is 0 Å². The fraction of sp³-hybridized carbons (Fsp3) is 0.714. The van der Waals surface area contributed by atoms with Gasteiger partial charge in [-0.15, -0.1) is 0 Å². The molecule has 0 aromatic carbocycles. The minimum absolute atomic E-state index is 1.03. The van der Waals surface area contributed by atoms with Gasteiger partial charge in [0.25, 0.3) is 0 Å². The van der Waals surface area contributed by atoms with Gasteiger partial charge in [0.2, 0.25) is 0 Å². The van der Waals surface area contributed by atoms with Crippen LogP contribution in [0.3, 0.4) is 0 Å². The van der Waals surface area contributed by atoms with Gasteiger partial charge in [-0.05, 0) is 25.6 Å². The highest BCUT2D eigenvalue weighted by molar-refractivity contribution is 5.08. The maximum atomic E-state index is 3.31. The van der Waals surface area contributed by atoms with Crippen LogP contribution in [0, 0.1) is 0 Å². The maximum absolute atomic E-state index is 3.31. The average Bonchev–Trinajstić information content (AvgIpc) is 1.91. The van der Waals surface area contributed by atoms with E-state index in [0.29, 0.717) is 0 Å². The van der Waals surface area contributed by atoms with Crippen molar-refractivity contribution in [1.82, 2.24) is 10.6 Å². The van der Waals surface area contributed by atoms with E-state index in [0.717, 1.165) is 19.6 Å². The van der Waals surface area contributed by atoms with E-state index >= 15 is 0 Å². The second-order valence-corrected chi connectivity index (χ2v) is 2.36.